The maximum Gasteiger partial charge on any atom is 0.310 e. The topological polar surface area (TPSA) is 26.3 Å². The van der Waals surface area contributed by atoms with E-state index in [1.165, 1.54) is 0 Å². The molecule has 0 aromatic heterocycles. The van der Waals surface area contributed by atoms with E-state index < -0.39 is 0 Å². The van der Waals surface area contributed by atoms with Gasteiger partial charge in [0.25, 0.3) is 0 Å². The first-order valence-corrected chi connectivity index (χ1v) is 5.79. The van der Waals surface area contributed by atoms with Crippen LogP contribution < -0.4 is 0 Å². The summed E-state index contributed by atoms with van der Waals surface area (Å²) in [6.45, 7) is 2.50. The zero-order chi connectivity index (χ0) is 8.69. The Labute approximate surface area is 83.9 Å². The van der Waals surface area contributed by atoms with Crippen molar-refractivity contribution in [3.63, 3.8) is 0 Å². The molecule has 0 aromatic carbocycles. The maximum atomic E-state index is 11.1. The minimum atomic E-state index is -0.124. The molecule has 0 bridgehead atoms. The number of rotatable bonds is 5. The van der Waals surface area contributed by atoms with E-state index in [-0.39, 0.29) is 11.9 Å². The first kappa shape index (κ1) is 11.4. The molecule has 0 aliphatic carbocycles. The second-order valence-corrected chi connectivity index (χ2v) is 3.47. The van der Waals surface area contributed by atoms with Crippen molar-refractivity contribution in [1.82, 2.24) is 0 Å². The van der Waals surface area contributed by atoms with Gasteiger partial charge < -0.3 is 4.74 Å². The summed E-state index contributed by atoms with van der Waals surface area (Å²) in [5.74, 6) is -0.179. The Kier molecular flexibility index (Phi) is 7.38. The zero-order valence-corrected chi connectivity index (χ0v) is 9.65. The lowest BCUT2D eigenvalue weighted by molar-refractivity contribution is -0.146. The molecular weight excluding hydrogens is 276 g/mol. The third-order valence-electron chi connectivity index (χ3n) is 1.15. The third kappa shape index (κ3) is 4.80. The van der Waals surface area contributed by atoms with Crippen LogP contribution in [0.15, 0.2) is 0 Å². The Morgan fingerprint density at radius 1 is 1.45 bits per heavy atom. The van der Waals surface area contributed by atoms with E-state index in [0.29, 0.717) is 17.3 Å². The monoisotopic (exact) mass is 286 g/mol. The molecule has 0 saturated heterocycles. The quantitative estimate of drug-likeness (QED) is 0.573. The van der Waals surface area contributed by atoms with Crippen LogP contribution in [0.25, 0.3) is 0 Å². The van der Waals surface area contributed by atoms with E-state index in [1.54, 1.807) is 0 Å². The first-order valence-electron chi connectivity index (χ1n) is 3.54. The lowest BCUT2D eigenvalue weighted by Crippen LogP contribution is -2.20. The van der Waals surface area contributed by atoms with Crippen molar-refractivity contribution in [2.75, 3.05) is 17.3 Å². The number of carbonyl (C=O) groups is 1. The second kappa shape index (κ2) is 7.10. The van der Waals surface area contributed by atoms with Gasteiger partial charge in [-0.1, -0.05) is 38.8 Å². The summed E-state index contributed by atoms with van der Waals surface area (Å²) < 4.78 is 4.94. The number of hydrogen-bond donors (Lipinski definition) is 0. The number of hydrogen-bond acceptors (Lipinski definition) is 2. The average Bonchev–Trinajstić information content (AvgIpc) is 2.03. The highest BCUT2D eigenvalue weighted by atomic mass is 79.9. The smallest absolute Gasteiger partial charge is 0.310 e. The minimum absolute atomic E-state index is 0.0541. The molecule has 2 nitrogen and oxygen atoms in total. The van der Waals surface area contributed by atoms with Crippen LogP contribution in [0.3, 0.4) is 0 Å². The molecule has 0 rings (SSSR count). The van der Waals surface area contributed by atoms with Gasteiger partial charge in [0, 0.05) is 10.7 Å². The number of esters is 1. The Morgan fingerprint density at radius 2 is 2.00 bits per heavy atom. The average molecular weight is 288 g/mol. The largest absolute Gasteiger partial charge is 0.465 e. The molecule has 0 aliphatic heterocycles. The van der Waals surface area contributed by atoms with Gasteiger partial charge in [-0.15, -0.1) is 0 Å². The van der Waals surface area contributed by atoms with Crippen LogP contribution in [0.2, 0.25) is 0 Å². The molecule has 0 N–H and O–H groups in total. The predicted molar refractivity (Wildman–Crippen MR) is 52.3 cm³/mol. The summed E-state index contributed by atoms with van der Waals surface area (Å²) >= 11 is 6.48. The van der Waals surface area contributed by atoms with Crippen molar-refractivity contribution < 1.29 is 9.53 Å². The highest BCUT2D eigenvalue weighted by molar-refractivity contribution is 9.09. The van der Waals surface area contributed by atoms with Crippen molar-refractivity contribution in [1.29, 1.82) is 0 Å². The molecule has 0 amide bonds. The van der Waals surface area contributed by atoms with Gasteiger partial charge in [-0.2, -0.15) is 0 Å². The predicted octanol–water partition coefficient (Wildman–Crippen LogP) is 2.35. The fourth-order valence-electron chi connectivity index (χ4n) is 0.488. The molecule has 4 heteroatoms. The van der Waals surface area contributed by atoms with Crippen LogP contribution in [-0.4, -0.2) is 23.2 Å². The van der Waals surface area contributed by atoms with Crippen LogP contribution in [0.1, 0.15) is 13.3 Å². The number of alkyl halides is 2. The van der Waals surface area contributed by atoms with E-state index in [2.05, 4.69) is 31.9 Å². The Balaban J connectivity index is 3.61. The van der Waals surface area contributed by atoms with E-state index in [0.717, 1.165) is 6.42 Å². The molecule has 0 saturated carbocycles. The normalized spacial score (nSPS) is 10.2. The summed E-state index contributed by atoms with van der Waals surface area (Å²) in [4.78, 5) is 11.1. The maximum absolute atomic E-state index is 11.1. The molecule has 0 spiro atoms. The van der Waals surface area contributed by atoms with E-state index >= 15 is 0 Å². The molecule has 0 fully saturated rings. The van der Waals surface area contributed by atoms with Gasteiger partial charge in [-0.05, 0) is 6.42 Å². The van der Waals surface area contributed by atoms with E-state index in [4.69, 9.17) is 4.74 Å². The van der Waals surface area contributed by atoms with Gasteiger partial charge in [-0.3, -0.25) is 4.79 Å². The third-order valence-corrected chi connectivity index (χ3v) is 2.72. The van der Waals surface area contributed by atoms with Gasteiger partial charge in [0.15, 0.2) is 0 Å². The van der Waals surface area contributed by atoms with Gasteiger partial charge >= 0.3 is 5.97 Å². The van der Waals surface area contributed by atoms with Crippen molar-refractivity contribution in [3.05, 3.63) is 0 Å². The summed E-state index contributed by atoms with van der Waals surface area (Å²) in [5, 5.41) is 1.31. The van der Waals surface area contributed by atoms with Gasteiger partial charge in [0.1, 0.15) is 0 Å². The van der Waals surface area contributed by atoms with E-state index in [9.17, 15) is 4.79 Å². The van der Waals surface area contributed by atoms with Crippen LogP contribution in [0.5, 0.6) is 0 Å². The Bertz CT molecular complexity index is 113. The summed E-state index contributed by atoms with van der Waals surface area (Å²) in [7, 11) is 0. The fraction of sp³-hybridized carbons (Fsp3) is 0.857. The number of halogens is 2. The zero-order valence-electron chi connectivity index (χ0n) is 6.48. The second-order valence-electron chi connectivity index (χ2n) is 2.17. The number of carbonyl (C=O) groups excluding carboxylic acids is 1. The molecule has 0 unspecified atom stereocenters. The van der Waals surface area contributed by atoms with E-state index in [1.807, 2.05) is 6.92 Å². The molecule has 11 heavy (non-hydrogen) atoms. The Morgan fingerprint density at radius 3 is 2.36 bits per heavy atom. The molecule has 0 aliphatic rings. The van der Waals surface area contributed by atoms with Crippen molar-refractivity contribution >= 4 is 37.8 Å². The molecule has 0 heterocycles. The fourth-order valence-corrected chi connectivity index (χ4v) is 2.09. The lowest BCUT2D eigenvalue weighted by atomic mass is 10.2. The van der Waals surface area contributed by atoms with Gasteiger partial charge in [0.2, 0.25) is 0 Å². The standard InChI is InChI=1S/C7H12Br2O2/c1-2-3-11-7(10)6(4-8)5-9/h6H,2-5H2,1H3. The molecular formula is C7H12Br2O2. The SMILES string of the molecule is CCCOC(=O)C(CBr)CBr. The van der Waals surface area contributed by atoms with Crippen LogP contribution in [-0.2, 0) is 9.53 Å². The summed E-state index contributed by atoms with van der Waals surface area (Å²) in [5.41, 5.74) is 0. The Hall–Kier alpha value is 0.430. The highest BCUT2D eigenvalue weighted by Gasteiger charge is 2.16. The molecule has 0 radical (unpaired) electrons. The summed E-state index contributed by atoms with van der Waals surface area (Å²) in [6, 6.07) is 0. The summed E-state index contributed by atoms with van der Waals surface area (Å²) in [6.07, 6.45) is 0.878. The van der Waals surface area contributed by atoms with Crippen LogP contribution >= 0.6 is 31.9 Å². The van der Waals surface area contributed by atoms with Gasteiger partial charge in [-0.25, -0.2) is 0 Å². The van der Waals surface area contributed by atoms with Crippen LogP contribution in [0.4, 0.5) is 0 Å². The minimum Gasteiger partial charge on any atom is -0.465 e. The number of ether oxygens (including phenoxy) is 1. The first-order chi connectivity index (χ1) is 5.26. The van der Waals surface area contributed by atoms with Crippen molar-refractivity contribution in [2.45, 2.75) is 13.3 Å². The molecule has 0 aromatic rings. The van der Waals surface area contributed by atoms with Crippen molar-refractivity contribution in [2.24, 2.45) is 5.92 Å². The van der Waals surface area contributed by atoms with Crippen LogP contribution in [0, 0.1) is 5.92 Å². The van der Waals surface area contributed by atoms with Crippen molar-refractivity contribution in [3.8, 4) is 0 Å². The molecule has 66 valence electrons. The van der Waals surface area contributed by atoms with Gasteiger partial charge in [0.05, 0.1) is 12.5 Å². The molecule has 0 atom stereocenters. The lowest BCUT2D eigenvalue weighted by Gasteiger charge is -2.08. The highest BCUT2D eigenvalue weighted by Crippen LogP contribution is 2.07.